The minimum absolute atomic E-state index is 0.172. The molecule has 0 unspecified atom stereocenters. The van der Waals surface area contributed by atoms with E-state index in [1.807, 2.05) is 91.9 Å². The first-order valence-electron chi connectivity index (χ1n) is 14.4. The first-order valence-corrected chi connectivity index (χ1v) is 16.2. The second-order valence-electron chi connectivity index (χ2n) is 10.6. The molecule has 0 fully saturated rings. The van der Waals surface area contributed by atoms with E-state index in [0.717, 1.165) is 39.1 Å². The molecule has 7 heteroatoms. The highest BCUT2D eigenvalue weighted by Gasteiger charge is 2.31. The predicted molar refractivity (Wildman–Crippen MR) is 181 cm³/mol. The topological polar surface area (TPSA) is 64.6 Å². The number of fused-ring (bicyclic) bond motifs is 1. The molecule has 0 amide bonds. The number of para-hydroxylation sites is 1. The van der Waals surface area contributed by atoms with Gasteiger partial charge in [-0.25, -0.2) is 8.42 Å². The van der Waals surface area contributed by atoms with Crippen molar-refractivity contribution in [2.45, 2.75) is 24.3 Å². The van der Waals surface area contributed by atoms with Crippen LogP contribution in [0.25, 0.3) is 11.3 Å². The summed E-state index contributed by atoms with van der Waals surface area (Å²) in [6, 6.07) is 37.2. The number of aryl methyl sites for hydroxylation is 1. The van der Waals surface area contributed by atoms with Gasteiger partial charge in [0.15, 0.2) is 0 Å². The quantitative estimate of drug-likeness (QED) is 0.183. The van der Waals surface area contributed by atoms with E-state index < -0.39 is 15.9 Å². The van der Waals surface area contributed by atoms with Gasteiger partial charge in [0.2, 0.25) is 0 Å². The van der Waals surface area contributed by atoms with Gasteiger partial charge < -0.3 is 9.47 Å². The molecule has 5 aromatic carbocycles. The molecule has 0 bridgehead atoms. The highest BCUT2D eigenvalue weighted by Crippen LogP contribution is 2.46. The summed E-state index contributed by atoms with van der Waals surface area (Å²) in [4.78, 5) is 0.172. The summed E-state index contributed by atoms with van der Waals surface area (Å²) in [5, 5.41) is 0.574. The largest absolute Gasteiger partial charge is 0.497 e. The van der Waals surface area contributed by atoms with Gasteiger partial charge in [-0.05, 0) is 90.3 Å². The fourth-order valence-electron chi connectivity index (χ4n) is 5.29. The molecule has 1 heterocycles. The van der Waals surface area contributed by atoms with E-state index in [0.29, 0.717) is 28.6 Å². The molecule has 0 aromatic heterocycles. The molecule has 45 heavy (non-hydrogen) atoms. The molecule has 224 valence electrons. The summed E-state index contributed by atoms with van der Waals surface area (Å²) < 4.78 is 42.0. The highest BCUT2D eigenvalue weighted by molar-refractivity contribution is 7.92. The zero-order valence-electron chi connectivity index (χ0n) is 24.8. The predicted octanol–water partition coefficient (Wildman–Crippen LogP) is 8.69. The average molecular weight is 632 g/mol. The lowest BCUT2D eigenvalue weighted by Gasteiger charge is -2.29. The number of anilines is 1. The van der Waals surface area contributed by atoms with Crippen molar-refractivity contribution in [1.29, 1.82) is 0 Å². The van der Waals surface area contributed by atoms with Gasteiger partial charge in [0.05, 0.1) is 23.6 Å². The lowest BCUT2D eigenvalue weighted by Crippen LogP contribution is -2.17. The Hall–Kier alpha value is -4.96. The Morgan fingerprint density at radius 1 is 0.867 bits per heavy atom. The summed E-state index contributed by atoms with van der Waals surface area (Å²) in [6.45, 7) is 2.26. The number of halogens is 1. The zero-order valence-corrected chi connectivity index (χ0v) is 26.3. The third-order valence-corrected chi connectivity index (χ3v) is 9.22. The molecular weight excluding hydrogens is 602 g/mol. The van der Waals surface area contributed by atoms with Crippen molar-refractivity contribution in [3.05, 3.63) is 160 Å². The summed E-state index contributed by atoms with van der Waals surface area (Å²) in [7, 11) is -2.28. The van der Waals surface area contributed by atoms with Gasteiger partial charge in [0.1, 0.15) is 18.1 Å². The number of sulfonamides is 1. The van der Waals surface area contributed by atoms with Crippen molar-refractivity contribution in [2.75, 3.05) is 11.8 Å². The van der Waals surface area contributed by atoms with E-state index in [1.165, 1.54) is 0 Å². The number of benzene rings is 5. The second-order valence-corrected chi connectivity index (χ2v) is 12.8. The number of allylic oxidation sites excluding steroid dienone is 1. The van der Waals surface area contributed by atoms with Gasteiger partial charge in [-0.2, -0.15) is 0 Å². The van der Waals surface area contributed by atoms with Gasteiger partial charge >= 0.3 is 0 Å². The van der Waals surface area contributed by atoms with Crippen LogP contribution in [0.15, 0.2) is 126 Å². The monoisotopic (exact) mass is 631 g/mol. The number of nitrogens with one attached hydrogen (secondary N) is 1. The van der Waals surface area contributed by atoms with Crippen molar-refractivity contribution in [1.82, 2.24) is 0 Å². The molecule has 0 saturated carbocycles. The van der Waals surface area contributed by atoms with Crippen molar-refractivity contribution in [2.24, 2.45) is 0 Å². The lowest BCUT2D eigenvalue weighted by atomic mass is 9.81. The Balaban J connectivity index is 1.58. The van der Waals surface area contributed by atoms with E-state index in [-0.39, 0.29) is 4.90 Å². The van der Waals surface area contributed by atoms with E-state index in [2.05, 4.69) is 16.6 Å². The van der Waals surface area contributed by atoms with Gasteiger partial charge in [-0.15, -0.1) is 0 Å². The van der Waals surface area contributed by atoms with E-state index in [4.69, 9.17) is 21.1 Å². The van der Waals surface area contributed by atoms with E-state index in [9.17, 15) is 8.42 Å². The van der Waals surface area contributed by atoms with Gasteiger partial charge in [0, 0.05) is 21.7 Å². The van der Waals surface area contributed by atoms with Gasteiger partial charge in [-0.1, -0.05) is 83.6 Å². The third kappa shape index (κ3) is 6.61. The minimum Gasteiger partial charge on any atom is -0.497 e. The van der Waals surface area contributed by atoms with Crippen LogP contribution in [-0.4, -0.2) is 15.5 Å². The van der Waals surface area contributed by atoms with Crippen molar-refractivity contribution in [3.8, 4) is 17.6 Å². The number of methoxy groups -OCH3 is 1. The number of hydrogen-bond acceptors (Lipinski definition) is 4. The maximum atomic E-state index is 13.6. The van der Waals surface area contributed by atoms with Gasteiger partial charge in [0.25, 0.3) is 10.0 Å². The van der Waals surface area contributed by atoms with Crippen LogP contribution in [0, 0.1) is 18.8 Å². The first kappa shape index (κ1) is 30.1. The Labute approximate surface area is 269 Å². The van der Waals surface area contributed by atoms with E-state index >= 15 is 0 Å². The molecule has 1 aliphatic rings. The Morgan fingerprint density at radius 2 is 1.58 bits per heavy atom. The number of hydrogen-bond donors (Lipinski definition) is 1. The molecule has 5 nitrogen and oxygen atoms in total. The molecular formula is C38H30ClNO4S. The van der Waals surface area contributed by atoms with Crippen LogP contribution in [-0.2, 0) is 21.4 Å². The van der Waals surface area contributed by atoms with Crippen LogP contribution in [0.5, 0.6) is 5.75 Å². The number of rotatable bonds is 7. The standard InChI is InChI=1S/C38H30ClNO4S/c1-26-12-21-32(22-13-26)45(41,42)40-36-11-7-6-10-33(36)34(23-14-27-8-4-3-5-9-27)37-35-24-30(39)18-15-29(35)25-44-38(37)28-16-19-31(43-2)20-17-28/h3-13,15-22,24,34,40H,25H2,1-2H3/t34-/m1/s1. The SMILES string of the molecule is COc1ccc(C2=C([C@H](C#Cc3ccccc3)c3ccccc3NS(=O)(=O)c3ccc(C)cc3)c3cc(Cl)ccc3CO2)cc1. The highest BCUT2D eigenvalue weighted by atomic mass is 35.5. The number of ether oxygens (including phenoxy) is 2. The van der Waals surface area contributed by atoms with Crippen LogP contribution >= 0.6 is 11.6 Å². The van der Waals surface area contributed by atoms with Crippen LogP contribution in [0.4, 0.5) is 5.69 Å². The Kier molecular flexibility index (Phi) is 8.66. The van der Waals surface area contributed by atoms with Crippen molar-refractivity contribution >= 4 is 38.6 Å². The van der Waals surface area contributed by atoms with Crippen LogP contribution in [0.1, 0.15) is 39.3 Å². The smallest absolute Gasteiger partial charge is 0.261 e. The molecule has 0 spiro atoms. The molecule has 1 N–H and O–H groups in total. The summed E-state index contributed by atoms with van der Waals surface area (Å²) >= 11 is 6.59. The second kappa shape index (κ2) is 13.0. The Morgan fingerprint density at radius 3 is 2.31 bits per heavy atom. The van der Waals surface area contributed by atoms with E-state index in [1.54, 1.807) is 43.5 Å². The summed E-state index contributed by atoms with van der Waals surface area (Å²) in [6.07, 6.45) is 0. The average Bonchev–Trinajstić information content (AvgIpc) is 3.06. The molecule has 5 aromatic rings. The maximum Gasteiger partial charge on any atom is 0.261 e. The van der Waals surface area contributed by atoms with Crippen LogP contribution in [0.3, 0.4) is 0 Å². The maximum absolute atomic E-state index is 13.6. The molecule has 0 aliphatic carbocycles. The van der Waals surface area contributed by atoms with Crippen LogP contribution < -0.4 is 9.46 Å². The lowest BCUT2D eigenvalue weighted by molar-refractivity contribution is 0.260. The molecule has 6 rings (SSSR count). The molecule has 0 radical (unpaired) electrons. The fraction of sp³-hybridized carbons (Fsp3) is 0.105. The Bertz CT molecular complexity index is 2040. The summed E-state index contributed by atoms with van der Waals surface area (Å²) in [5.41, 5.74) is 6.36. The minimum atomic E-state index is -3.91. The van der Waals surface area contributed by atoms with Gasteiger partial charge in [-0.3, -0.25) is 4.72 Å². The van der Waals surface area contributed by atoms with Crippen molar-refractivity contribution < 1.29 is 17.9 Å². The fourth-order valence-corrected chi connectivity index (χ4v) is 6.55. The molecule has 1 aliphatic heterocycles. The zero-order chi connectivity index (χ0) is 31.4. The first-order chi connectivity index (χ1) is 21.8. The molecule has 0 saturated heterocycles. The normalized spacial score (nSPS) is 13.1. The third-order valence-electron chi connectivity index (χ3n) is 7.60. The summed E-state index contributed by atoms with van der Waals surface area (Å²) in [5.74, 6) is 7.56. The van der Waals surface area contributed by atoms with Crippen molar-refractivity contribution in [3.63, 3.8) is 0 Å². The molecule has 1 atom stereocenters. The van der Waals surface area contributed by atoms with Crippen LogP contribution in [0.2, 0.25) is 5.02 Å².